The topological polar surface area (TPSA) is 47.0 Å². The van der Waals surface area contributed by atoms with Gasteiger partial charge in [-0.15, -0.1) is 0 Å². The molecule has 1 N–H and O–H groups in total. The van der Waals surface area contributed by atoms with Crippen molar-refractivity contribution in [2.75, 3.05) is 49.2 Å². The quantitative estimate of drug-likeness (QED) is 0.412. The van der Waals surface area contributed by atoms with Gasteiger partial charge in [0.05, 0.1) is 21.8 Å². The Balaban J connectivity index is 1.43. The van der Waals surface area contributed by atoms with Crippen LogP contribution in [-0.2, 0) is 0 Å². The van der Waals surface area contributed by atoms with Gasteiger partial charge in [-0.05, 0) is 35.4 Å². The van der Waals surface area contributed by atoms with Gasteiger partial charge in [-0.3, -0.25) is 9.80 Å². The third-order valence-corrected chi connectivity index (χ3v) is 7.00. The maximum Gasteiger partial charge on any atom is 0.411 e. The highest BCUT2D eigenvalue weighted by atomic mass is 35.5. The van der Waals surface area contributed by atoms with Crippen molar-refractivity contribution < 1.29 is 14.3 Å². The molecule has 3 aromatic rings. The Morgan fingerprint density at radius 2 is 1.56 bits per heavy atom. The van der Waals surface area contributed by atoms with Crippen molar-refractivity contribution in [1.82, 2.24) is 4.90 Å². The molecule has 1 aliphatic rings. The summed E-state index contributed by atoms with van der Waals surface area (Å²) in [5.41, 5.74) is 3.43. The molecule has 3 aromatic carbocycles. The zero-order valence-corrected chi connectivity index (χ0v) is 20.1. The van der Waals surface area contributed by atoms with Gasteiger partial charge in [0.25, 0.3) is 0 Å². The van der Waals surface area contributed by atoms with Gasteiger partial charge in [-0.25, -0.2) is 9.18 Å². The van der Waals surface area contributed by atoms with Crippen LogP contribution in [0.5, 0.6) is 0 Å². The van der Waals surface area contributed by atoms with Crippen molar-refractivity contribution in [1.29, 1.82) is 0 Å². The number of alkyl halides is 1. The van der Waals surface area contributed by atoms with E-state index >= 15 is 0 Å². The second-order valence-electron chi connectivity index (χ2n) is 8.21. The number of rotatable bonds is 7. The molecule has 0 aliphatic carbocycles. The minimum Gasteiger partial charge on any atom is -0.465 e. The molecule has 1 amide bonds. The Morgan fingerprint density at radius 1 is 0.912 bits per heavy atom. The highest BCUT2D eigenvalue weighted by Gasteiger charge is 2.28. The van der Waals surface area contributed by atoms with Crippen molar-refractivity contribution in [2.45, 2.75) is 6.04 Å². The molecule has 34 heavy (non-hydrogen) atoms. The highest BCUT2D eigenvalue weighted by molar-refractivity contribution is 6.43. The molecule has 0 spiro atoms. The van der Waals surface area contributed by atoms with E-state index < -0.39 is 18.8 Å². The molecule has 1 saturated heterocycles. The van der Waals surface area contributed by atoms with Crippen LogP contribution in [0.3, 0.4) is 0 Å². The molecule has 1 aliphatic heterocycles. The van der Waals surface area contributed by atoms with E-state index in [4.69, 9.17) is 23.2 Å². The van der Waals surface area contributed by atoms with Gasteiger partial charge >= 0.3 is 6.09 Å². The van der Waals surface area contributed by atoms with Crippen molar-refractivity contribution in [3.63, 3.8) is 0 Å². The van der Waals surface area contributed by atoms with Crippen LogP contribution in [0.2, 0.25) is 10.0 Å². The molecule has 1 unspecified atom stereocenters. The van der Waals surface area contributed by atoms with E-state index in [-0.39, 0.29) is 6.54 Å². The fourth-order valence-electron chi connectivity index (χ4n) is 4.30. The van der Waals surface area contributed by atoms with Gasteiger partial charge < -0.3 is 10.0 Å². The molecule has 178 valence electrons. The molecule has 0 radical (unpaired) electrons. The summed E-state index contributed by atoms with van der Waals surface area (Å²) in [6.07, 6.45) is -1.10. The maximum atomic E-state index is 14.1. The lowest BCUT2D eigenvalue weighted by molar-refractivity contribution is 0.154. The maximum absolute atomic E-state index is 14.1. The minimum atomic E-state index is -1.10. The summed E-state index contributed by atoms with van der Waals surface area (Å²) in [7, 11) is 0. The first-order valence-electron chi connectivity index (χ1n) is 11.1. The van der Waals surface area contributed by atoms with Gasteiger partial charge in [0.2, 0.25) is 0 Å². The number of nitrogens with zero attached hydrogens (tertiary/aromatic N) is 3. The van der Waals surface area contributed by atoms with Crippen molar-refractivity contribution >= 4 is 40.7 Å². The summed E-state index contributed by atoms with van der Waals surface area (Å²) in [4.78, 5) is 17.4. The number of carbonyl (C=O) groups is 1. The molecule has 0 bridgehead atoms. The fraction of sp³-hybridized carbons (Fsp3) is 0.269. The molecule has 1 atom stereocenters. The molecular weight excluding hydrogens is 476 g/mol. The average Bonchev–Trinajstić information content (AvgIpc) is 2.87. The first kappa shape index (κ1) is 24.3. The average molecular weight is 502 g/mol. The van der Waals surface area contributed by atoms with E-state index in [1.807, 2.05) is 59.5 Å². The largest absolute Gasteiger partial charge is 0.465 e. The van der Waals surface area contributed by atoms with E-state index in [1.165, 1.54) is 4.90 Å². The van der Waals surface area contributed by atoms with E-state index in [2.05, 4.69) is 4.90 Å². The minimum absolute atomic E-state index is 0.0500. The van der Waals surface area contributed by atoms with Crippen molar-refractivity contribution in [3.8, 4) is 11.1 Å². The zero-order chi connectivity index (χ0) is 24.1. The van der Waals surface area contributed by atoms with Gasteiger partial charge in [0.15, 0.2) is 0 Å². The van der Waals surface area contributed by atoms with E-state index in [1.54, 1.807) is 18.2 Å². The number of hydrogen-bond donors (Lipinski definition) is 1. The van der Waals surface area contributed by atoms with Gasteiger partial charge in [-0.2, -0.15) is 0 Å². The Kier molecular flexibility index (Phi) is 7.93. The van der Waals surface area contributed by atoms with Crippen LogP contribution >= 0.6 is 23.2 Å². The van der Waals surface area contributed by atoms with Crippen molar-refractivity contribution in [3.05, 3.63) is 82.8 Å². The summed E-state index contributed by atoms with van der Waals surface area (Å²) < 4.78 is 14.1. The Bertz CT molecular complexity index is 1110. The molecule has 0 aromatic heterocycles. The normalized spacial score (nSPS) is 15.2. The van der Waals surface area contributed by atoms with Crippen molar-refractivity contribution in [2.24, 2.45) is 0 Å². The third kappa shape index (κ3) is 5.46. The van der Waals surface area contributed by atoms with Gasteiger partial charge in [-0.1, -0.05) is 71.7 Å². The molecule has 0 saturated carbocycles. The molecule has 8 heteroatoms. The number of carboxylic acid groups (broad SMARTS) is 1. The highest BCUT2D eigenvalue weighted by Crippen LogP contribution is 2.33. The smallest absolute Gasteiger partial charge is 0.411 e. The summed E-state index contributed by atoms with van der Waals surface area (Å²) >= 11 is 12.5. The number of piperazine rings is 1. The summed E-state index contributed by atoms with van der Waals surface area (Å²) in [5.74, 6) is 0. The second-order valence-corrected chi connectivity index (χ2v) is 9.00. The predicted octanol–water partition coefficient (Wildman–Crippen LogP) is 6.31. The van der Waals surface area contributed by atoms with Gasteiger partial charge in [0.1, 0.15) is 6.67 Å². The zero-order valence-electron chi connectivity index (χ0n) is 18.6. The van der Waals surface area contributed by atoms with E-state index in [0.717, 1.165) is 16.8 Å². The van der Waals surface area contributed by atoms with Crippen LogP contribution in [0.4, 0.5) is 20.6 Å². The second kappa shape index (κ2) is 11.1. The van der Waals surface area contributed by atoms with E-state index in [0.29, 0.717) is 41.9 Å². The molecule has 5 nitrogen and oxygen atoms in total. The van der Waals surface area contributed by atoms with Crippen LogP contribution in [0.25, 0.3) is 11.1 Å². The summed E-state index contributed by atoms with van der Waals surface area (Å²) in [6.45, 7) is 1.90. The number of benzene rings is 3. The monoisotopic (exact) mass is 501 g/mol. The number of anilines is 2. The first-order valence-corrected chi connectivity index (χ1v) is 11.9. The van der Waals surface area contributed by atoms with Crippen LogP contribution in [0.1, 0.15) is 0 Å². The number of halogens is 3. The standard InChI is InChI=1S/C26H26Cl2FN3O2/c27-23-7-4-8-24(25(23)28)31-15-13-30(14-16-31)22(17-29)18-32(26(33)34)21-11-9-20(10-12-21)19-5-2-1-3-6-19/h1-12,22H,13-18H2,(H,33,34). The Morgan fingerprint density at radius 3 is 2.18 bits per heavy atom. The van der Waals surface area contributed by atoms with Crippen LogP contribution in [-0.4, -0.2) is 61.5 Å². The SMILES string of the molecule is O=C(O)N(CC(CF)N1CCN(c2cccc(Cl)c2Cl)CC1)c1ccc(-c2ccccc2)cc1. The number of amides is 1. The molecular formula is C26H26Cl2FN3O2. The van der Waals surface area contributed by atoms with Crippen LogP contribution in [0.15, 0.2) is 72.8 Å². The number of hydrogen-bond acceptors (Lipinski definition) is 3. The molecule has 4 rings (SSSR count). The lowest BCUT2D eigenvalue weighted by atomic mass is 10.1. The lowest BCUT2D eigenvalue weighted by Crippen LogP contribution is -2.55. The van der Waals surface area contributed by atoms with Gasteiger partial charge in [0, 0.05) is 38.4 Å². The molecule has 1 heterocycles. The van der Waals surface area contributed by atoms with E-state index in [9.17, 15) is 14.3 Å². The summed E-state index contributed by atoms with van der Waals surface area (Å²) in [5, 5.41) is 10.9. The first-order chi connectivity index (χ1) is 16.5. The Labute approximate surface area is 208 Å². The predicted molar refractivity (Wildman–Crippen MR) is 137 cm³/mol. The lowest BCUT2D eigenvalue weighted by Gasteiger charge is -2.40. The Hall–Kier alpha value is -2.80. The fourth-order valence-corrected chi connectivity index (χ4v) is 4.71. The van der Waals surface area contributed by atoms with Crippen LogP contribution < -0.4 is 9.80 Å². The van der Waals surface area contributed by atoms with Crippen LogP contribution in [0, 0.1) is 0 Å². The third-order valence-electron chi connectivity index (χ3n) is 6.19. The molecule has 1 fully saturated rings. The summed E-state index contributed by atoms with van der Waals surface area (Å²) in [6, 6.07) is 22.2.